The average Bonchev–Trinajstić information content (AvgIpc) is 3.06. The molecule has 6 nitrogen and oxygen atoms in total. The van der Waals surface area contributed by atoms with Gasteiger partial charge in [-0.05, 0) is 35.4 Å². The van der Waals surface area contributed by atoms with Gasteiger partial charge in [0.1, 0.15) is 0 Å². The fourth-order valence-corrected chi connectivity index (χ4v) is 2.30. The third-order valence-corrected chi connectivity index (χ3v) is 3.59. The molecule has 2 aromatic rings. The Labute approximate surface area is 162 Å². The van der Waals surface area contributed by atoms with Gasteiger partial charge in [-0.15, -0.1) is 24.0 Å². The molecule has 0 radical (unpaired) electrons. The molecule has 0 aromatic heterocycles. The fraction of sp³-hybridized carbons (Fsp3) is 0.235. The van der Waals surface area contributed by atoms with Crippen LogP contribution in [0.15, 0.2) is 41.4 Å². The lowest BCUT2D eigenvalue weighted by atomic mass is 10.2. The molecule has 3 N–H and O–H groups in total. The number of nitrogens with zero attached hydrogens (tertiary/aromatic N) is 1. The van der Waals surface area contributed by atoms with E-state index in [-0.39, 0.29) is 36.5 Å². The third kappa shape index (κ3) is 4.88. The second-order valence-electron chi connectivity index (χ2n) is 5.25. The summed E-state index contributed by atoms with van der Waals surface area (Å²) in [6.45, 7) is 1.19. The Balaban J connectivity index is 0.00000225. The highest BCUT2D eigenvalue weighted by Crippen LogP contribution is 2.32. The molecule has 0 spiro atoms. The summed E-state index contributed by atoms with van der Waals surface area (Å²) in [6, 6.07) is 10.00. The molecule has 25 heavy (non-hydrogen) atoms. The summed E-state index contributed by atoms with van der Waals surface area (Å²) in [5.74, 6) is 1.07. The van der Waals surface area contributed by atoms with Crippen LogP contribution in [0.2, 0.25) is 0 Å². The smallest absolute Gasteiger partial charge is 0.231 e. The third-order valence-electron chi connectivity index (χ3n) is 3.59. The van der Waals surface area contributed by atoms with Crippen molar-refractivity contribution in [1.82, 2.24) is 10.6 Å². The number of fused-ring (bicyclic) bond motifs is 1. The van der Waals surface area contributed by atoms with Gasteiger partial charge in [-0.3, -0.25) is 4.99 Å². The summed E-state index contributed by atoms with van der Waals surface area (Å²) in [6.07, 6.45) is 0. The SMILES string of the molecule is CN=C(NCc1ccc(O)c(F)c1)NCc1ccc2c(c1)OCO2.I. The van der Waals surface area contributed by atoms with Crippen molar-refractivity contribution in [1.29, 1.82) is 0 Å². The number of guanidine groups is 1. The summed E-state index contributed by atoms with van der Waals surface area (Å²) in [5, 5.41) is 15.5. The van der Waals surface area contributed by atoms with Crippen molar-refractivity contribution < 1.29 is 19.0 Å². The molecule has 1 heterocycles. The molecule has 2 aromatic carbocycles. The van der Waals surface area contributed by atoms with E-state index >= 15 is 0 Å². The van der Waals surface area contributed by atoms with E-state index in [0.717, 1.165) is 17.1 Å². The highest BCUT2D eigenvalue weighted by atomic mass is 127. The summed E-state index contributed by atoms with van der Waals surface area (Å²) >= 11 is 0. The lowest BCUT2D eigenvalue weighted by Crippen LogP contribution is -2.36. The quantitative estimate of drug-likeness (QED) is 0.373. The van der Waals surface area contributed by atoms with Gasteiger partial charge in [0.25, 0.3) is 0 Å². The lowest BCUT2D eigenvalue weighted by molar-refractivity contribution is 0.174. The number of benzene rings is 2. The van der Waals surface area contributed by atoms with Crippen LogP contribution >= 0.6 is 24.0 Å². The summed E-state index contributed by atoms with van der Waals surface area (Å²) < 4.78 is 23.9. The Kier molecular flexibility index (Phi) is 6.68. The fourth-order valence-electron chi connectivity index (χ4n) is 2.30. The lowest BCUT2D eigenvalue weighted by Gasteiger charge is -2.12. The van der Waals surface area contributed by atoms with E-state index in [1.807, 2.05) is 18.2 Å². The number of aromatic hydroxyl groups is 1. The summed E-state index contributed by atoms with van der Waals surface area (Å²) in [4.78, 5) is 4.13. The van der Waals surface area contributed by atoms with E-state index in [0.29, 0.717) is 24.6 Å². The highest BCUT2D eigenvalue weighted by Gasteiger charge is 2.13. The van der Waals surface area contributed by atoms with E-state index < -0.39 is 5.82 Å². The number of hydrogen-bond acceptors (Lipinski definition) is 4. The van der Waals surface area contributed by atoms with Gasteiger partial charge in [0.15, 0.2) is 29.0 Å². The maximum absolute atomic E-state index is 13.3. The van der Waals surface area contributed by atoms with Crippen LogP contribution in [0.4, 0.5) is 4.39 Å². The topological polar surface area (TPSA) is 75.1 Å². The second-order valence-corrected chi connectivity index (χ2v) is 5.25. The predicted molar refractivity (Wildman–Crippen MR) is 103 cm³/mol. The van der Waals surface area contributed by atoms with Crippen molar-refractivity contribution in [3.05, 3.63) is 53.3 Å². The summed E-state index contributed by atoms with van der Waals surface area (Å²) in [7, 11) is 1.66. The number of rotatable bonds is 4. The first kappa shape index (κ1) is 19.1. The Morgan fingerprint density at radius 1 is 1.08 bits per heavy atom. The molecule has 0 aliphatic carbocycles. The molecule has 0 bridgehead atoms. The first-order valence-electron chi connectivity index (χ1n) is 7.46. The standard InChI is InChI=1S/C17H18FN3O3.HI/c1-19-17(20-8-11-2-4-14(22)13(18)6-11)21-9-12-3-5-15-16(7-12)24-10-23-15;/h2-7,22H,8-10H2,1H3,(H2,19,20,21);1H. The minimum atomic E-state index is -0.641. The zero-order valence-corrected chi connectivity index (χ0v) is 15.9. The van der Waals surface area contributed by atoms with Gasteiger partial charge in [0.05, 0.1) is 0 Å². The number of phenolic OH excluding ortho intramolecular Hbond substituents is 1. The zero-order chi connectivity index (χ0) is 16.9. The molecule has 3 rings (SSSR count). The predicted octanol–water partition coefficient (Wildman–Crippen LogP) is 2.74. The van der Waals surface area contributed by atoms with Gasteiger partial charge in [-0.25, -0.2) is 4.39 Å². The maximum Gasteiger partial charge on any atom is 0.231 e. The molecule has 0 fully saturated rings. The van der Waals surface area contributed by atoms with E-state index in [1.54, 1.807) is 13.1 Å². The Hall–Kier alpha value is -2.23. The molecule has 8 heteroatoms. The number of hydrogen-bond donors (Lipinski definition) is 3. The van der Waals surface area contributed by atoms with Gasteiger partial charge in [-0.2, -0.15) is 0 Å². The van der Waals surface area contributed by atoms with Gasteiger partial charge in [0, 0.05) is 20.1 Å². The van der Waals surface area contributed by atoms with E-state index in [1.165, 1.54) is 12.1 Å². The molecular weight excluding hydrogens is 440 g/mol. The summed E-state index contributed by atoms with van der Waals surface area (Å²) in [5.41, 5.74) is 1.73. The number of phenols is 1. The minimum Gasteiger partial charge on any atom is -0.505 e. The average molecular weight is 459 g/mol. The van der Waals surface area contributed by atoms with Crippen LogP contribution in [0.1, 0.15) is 11.1 Å². The van der Waals surface area contributed by atoms with Gasteiger partial charge >= 0.3 is 0 Å². The van der Waals surface area contributed by atoms with Gasteiger partial charge < -0.3 is 25.2 Å². The number of aliphatic imine (C=N–C) groups is 1. The Morgan fingerprint density at radius 2 is 1.72 bits per heavy atom. The van der Waals surface area contributed by atoms with Crippen LogP contribution in [0.3, 0.4) is 0 Å². The van der Waals surface area contributed by atoms with Gasteiger partial charge in [-0.1, -0.05) is 12.1 Å². The molecular formula is C17H19FIN3O3. The number of nitrogens with one attached hydrogen (secondary N) is 2. The number of ether oxygens (including phenoxy) is 2. The normalized spacial score (nSPS) is 12.5. The van der Waals surface area contributed by atoms with Crippen LogP contribution in [0.25, 0.3) is 0 Å². The van der Waals surface area contributed by atoms with Crippen LogP contribution in [0.5, 0.6) is 17.2 Å². The van der Waals surface area contributed by atoms with Crippen molar-refractivity contribution in [3.8, 4) is 17.2 Å². The zero-order valence-electron chi connectivity index (χ0n) is 13.6. The van der Waals surface area contributed by atoms with Crippen molar-refractivity contribution in [2.45, 2.75) is 13.1 Å². The molecule has 0 saturated heterocycles. The second kappa shape index (κ2) is 8.75. The van der Waals surface area contributed by atoms with E-state index in [2.05, 4.69) is 15.6 Å². The van der Waals surface area contributed by atoms with Crippen molar-refractivity contribution in [2.24, 2.45) is 4.99 Å². The van der Waals surface area contributed by atoms with Crippen molar-refractivity contribution >= 4 is 29.9 Å². The molecule has 0 unspecified atom stereocenters. The first-order valence-corrected chi connectivity index (χ1v) is 7.46. The molecule has 0 atom stereocenters. The molecule has 134 valence electrons. The Morgan fingerprint density at radius 3 is 2.40 bits per heavy atom. The van der Waals surface area contributed by atoms with Crippen molar-refractivity contribution in [2.75, 3.05) is 13.8 Å². The van der Waals surface area contributed by atoms with E-state index in [4.69, 9.17) is 9.47 Å². The monoisotopic (exact) mass is 459 g/mol. The number of halogens is 2. The van der Waals surface area contributed by atoms with Crippen LogP contribution in [0, 0.1) is 5.82 Å². The van der Waals surface area contributed by atoms with Crippen LogP contribution < -0.4 is 20.1 Å². The van der Waals surface area contributed by atoms with E-state index in [9.17, 15) is 9.50 Å². The molecule has 1 aliphatic heterocycles. The van der Waals surface area contributed by atoms with Crippen molar-refractivity contribution in [3.63, 3.8) is 0 Å². The minimum absolute atomic E-state index is 0. The molecule has 1 aliphatic rings. The van der Waals surface area contributed by atoms with Crippen LogP contribution in [-0.4, -0.2) is 24.9 Å². The Bertz CT molecular complexity index is 771. The maximum atomic E-state index is 13.3. The largest absolute Gasteiger partial charge is 0.505 e. The molecule has 0 amide bonds. The molecule has 0 saturated carbocycles. The highest BCUT2D eigenvalue weighted by molar-refractivity contribution is 14.0. The van der Waals surface area contributed by atoms with Crippen LogP contribution in [-0.2, 0) is 13.1 Å². The van der Waals surface area contributed by atoms with Gasteiger partial charge in [0.2, 0.25) is 6.79 Å². The first-order chi connectivity index (χ1) is 11.7.